The Balaban J connectivity index is 1.51. The molecule has 0 radical (unpaired) electrons. The zero-order valence-electron chi connectivity index (χ0n) is 14.7. The van der Waals surface area contributed by atoms with Crippen molar-refractivity contribution in [3.8, 4) is 0 Å². The van der Waals surface area contributed by atoms with E-state index in [4.69, 9.17) is 34.8 Å². The predicted molar refractivity (Wildman–Crippen MR) is 116 cm³/mol. The largest absolute Gasteiger partial charge is 0.378 e. The van der Waals surface area contributed by atoms with Crippen LogP contribution >= 0.6 is 46.6 Å². The number of rotatable bonds is 7. The number of carbonyl (C=O) groups excluding carboxylic acids is 1. The fourth-order valence-electron chi connectivity index (χ4n) is 2.33. The molecule has 0 unspecified atom stereocenters. The molecule has 10 heteroatoms. The number of anilines is 2. The maximum Gasteiger partial charge on any atom is 0.234 e. The van der Waals surface area contributed by atoms with Gasteiger partial charge in [-0.3, -0.25) is 9.89 Å². The molecule has 0 aliphatic carbocycles. The Morgan fingerprint density at radius 3 is 2.64 bits per heavy atom. The molecule has 0 saturated heterocycles. The van der Waals surface area contributed by atoms with Crippen LogP contribution in [0.1, 0.15) is 11.4 Å². The van der Waals surface area contributed by atoms with Gasteiger partial charge in [0.25, 0.3) is 0 Å². The van der Waals surface area contributed by atoms with Crippen LogP contribution < -0.4 is 10.6 Å². The van der Waals surface area contributed by atoms with Gasteiger partial charge in [0, 0.05) is 10.7 Å². The number of hydrogen-bond donors (Lipinski definition) is 3. The lowest BCUT2D eigenvalue weighted by Crippen LogP contribution is -2.14. The average molecular weight is 457 g/mol. The van der Waals surface area contributed by atoms with Crippen LogP contribution in [0.4, 0.5) is 11.4 Å². The first-order chi connectivity index (χ1) is 13.4. The summed E-state index contributed by atoms with van der Waals surface area (Å²) in [6, 6.07) is 11.1. The van der Waals surface area contributed by atoms with Gasteiger partial charge in [-0.25, -0.2) is 4.98 Å². The predicted octanol–water partition coefficient (Wildman–Crippen LogP) is 5.42. The van der Waals surface area contributed by atoms with Gasteiger partial charge in [-0.15, -0.1) is 5.10 Å². The highest BCUT2D eigenvalue weighted by molar-refractivity contribution is 7.99. The van der Waals surface area contributed by atoms with E-state index in [1.165, 1.54) is 29.5 Å². The summed E-state index contributed by atoms with van der Waals surface area (Å²) in [6.07, 6.45) is 0. The Kier molecular flexibility index (Phi) is 7.07. The third-order valence-corrected chi connectivity index (χ3v) is 5.25. The number of nitrogens with one attached hydrogen (secondary N) is 3. The quantitative estimate of drug-likeness (QED) is 0.414. The van der Waals surface area contributed by atoms with Crippen LogP contribution in [0.25, 0.3) is 0 Å². The number of H-pyrrole nitrogens is 1. The number of aromatic amines is 1. The molecule has 146 valence electrons. The molecule has 0 bridgehead atoms. The number of carbonyl (C=O) groups is 1. The summed E-state index contributed by atoms with van der Waals surface area (Å²) in [5.41, 5.74) is 2.50. The van der Waals surface area contributed by atoms with Gasteiger partial charge in [0.2, 0.25) is 11.1 Å². The van der Waals surface area contributed by atoms with Crippen LogP contribution in [-0.4, -0.2) is 26.8 Å². The minimum absolute atomic E-state index is 0.109. The molecular formula is C18H16Cl3N5OS. The van der Waals surface area contributed by atoms with Crippen molar-refractivity contribution in [2.24, 2.45) is 0 Å². The van der Waals surface area contributed by atoms with Crippen LogP contribution in [0.2, 0.25) is 15.1 Å². The van der Waals surface area contributed by atoms with Gasteiger partial charge in [-0.2, -0.15) is 0 Å². The SMILES string of the molecule is Cc1cccc(NCc2nc(SCC(=O)Nc3c(Cl)cc(Cl)cc3Cl)n[nH]2)c1. The van der Waals surface area contributed by atoms with E-state index in [0.29, 0.717) is 28.2 Å². The van der Waals surface area contributed by atoms with E-state index in [9.17, 15) is 4.79 Å². The molecule has 0 spiro atoms. The Labute approximate surface area is 181 Å². The maximum absolute atomic E-state index is 12.2. The van der Waals surface area contributed by atoms with Crippen molar-refractivity contribution >= 4 is 63.8 Å². The van der Waals surface area contributed by atoms with E-state index >= 15 is 0 Å². The number of hydrogen-bond acceptors (Lipinski definition) is 5. The highest BCUT2D eigenvalue weighted by Crippen LogP contribution is 2.33. The van der Waals surface area contributed by atoms with Crippen molar-refractivity contribution in [2.75, 3.05) is 16.4 Å². The van der Waals surface area contributed by atoms with Gasteiger partial charge in [-0.1, -0.05) is 58.7 Å². The molecule has 1 aromatic heterocycles. The summed E-state index contributed by atoms with van der Waals surface area (Å²) >= 11 is 19.2. The second-order valence-corrected chi connectivity index (χ2v) is 8.06. The van der Waals surface area contributed by atoms with Gasteiger partial charge < -0.3 is 10.6 Å². The first kappa shape index (κ1) is 20.8. The molecule has 3 aromatic rings. The van der Waals surface area contributed by atoms with Gasteiger partial charge in [0.05, 0.1) is 28.0 Å². The molecule has 0 aliphatic rings. The zero-order chi connectivity index (χ0) is 20.1. The third kappa shape index (κ3) is 5.78. The number of nitrogens with zero attached hydrogens (tertiary/aromatic N) is 2. The van der Waals surface area contributed by atoms with Crippen LogP contribution in [0.15, 0.2) is 41.6 Å². The average Bonchev–Trinajstić information content (AvgIpc) is 3.09. The minimum Gasteiger partial charge on any atom is -0.378 e. The van der Waals surface area contributed by atoms with Crippen LogP contribution in [0.5, 0.6) is 0 Å². The lowest BCUT2D eigenvalue weighted by atomic mass is 10.2. The minimum atomic E-state index is -0.277. The molecule has 0 aliphatic heterocycles. The number of thioether (sulfide) groups is 1. The summed E-state index contributed by atoms with van der Waals surface area (Å²) in [5.74, 6) is 0.506. The topological polar surface area (TPSA) is 82.7 Å². The molecule has 3 N–H and O–H groups in total. The highest BCUT2D eigenvalue weighted by atomic mass is 35.5. The van der Waals surface area contributed by atoms with Crippen LogP contribution in [-0.2, 0) is 11.3 Å². The van der Waals surface area contributed by atoms with E-state index in [1.807, 2.05) is 31.2 Å². The number of benzene rings is 2. The Morgan fingerprint density at radius 1 is 1.18 bits per heavy atom. The zero-order valence-corrected chi connectivity index (χ0v) is 17.8. The van der Waals surface area contributed by atoms with Crippen molar-refractivity contribution in [2.45, 2.75) is 18.6 Å². The van der Waals surface area contributed by atoms with Crippen molar-refractivity contribution in [3.05, 3.63) is 62.9 Å². The second kappa shape index (κ2) is 9.52. The van der Waals surface area contributed by atoms with Crippen molar-refractivity contribution in [1.82, 2.24) is 15.2 Å². The van der Waals surface area contributed by atoms with E-state index in [1.54, 1.807) is 0 Å². The highest BCUT2D eigenvalue weighted by Gasteiger charge is 2.13. The Morgan fingerprint density at radius 2 is 1.93 bits per heavy atom. The molecule has 1 heterocycles. The molecule has 1 amide bonds. The normalized spacial score (nSPS) is 10.7. The van der Waals surface area contributed by atoms with Crippen LogP contribution in [0, 0.1) is 6.92 Å². The fraction of sp³-hybridized carbons (Fsp3) is 0.167. The maximum atomic E-state index is 12.2. The monoisotopic (exact) mass is 455 g/mol. The molecule has 2 aromatic carbocycles. The van der Waals surface area contributed by atoms with Crippen molar-refractivity contribution in [1.29, 1.82) is 0 Å². The standard InChI is InChI=1S/C18H16Cl3N5OS/c1-10-3-2-4-12(5-10)22-8-15-23-18(26-25-15)28-9-16(27)24-17-13(20)6-11(19)7-14(17)21/h2-7,22H,8-9H2,1H3,(H,24,27)(H,23,25,26). The molecule has 6 nitrogen and oxygen atoms in total. The Bertz CT molecular complexity index is 972. The second-order valence-electron chi connectivity index (χ2n) is 5.87. The fourth-order valence-corrected chi connectivity index (χ4v) is 3.86. The molecule has 0 saturated carbocycles. The lowest BCUT2D eigenvalue weighted by Gasteiger charge is -2.09. The summed E-state index contributed by atoms with van der Waals surface area (Å²) in [6.45, 7) is 2.53. The van der Waals surface area contributed by atoms with Gasteiger partial charge >= 0.3 is 0 Å². The van der Waals surface area contributed by atoms with Crippen LogP contribution in [0.3, 0.4) is 0 Å². The van der Waals surface area contributed by atoms with Crippen molar-refractivity contribution < 1.29 is 4.79 Å². The van der Waals surface area contributed by atoms with E-state index in [-0.39, 0.29) is 21.7 Å². The molecular weight excluding hydrogens is 441 g/mol. The number of aromatic nitrogens is 3. The summed E-state index contributed by atoms with van der Waals surface area (Å²) in [5, 5.41) is 14.3. The molecule has 3 rings (SSSR count). The third-order valence-electron chi connectivity index (χ3n) is 3.59. The first-order valence-electron chi connectivity index (χ1n) is 8.20. The number of amides is 1. The van der Waals surface area contributed by atoms with E-state index < -0.39 is 0 Å². The molecule has 0 fully saturated rings. The molecule has 0 atom stereocenters. The summed E-state index contributed by atoms with van der Waals surface area (Å²) in [4.78, 5) is 16.5. The lowest BCUT2D eigenvalue weighted by molar-refractivity contribution is -0.113. The number of halogens is 3. The van der Waals surface area contributed by atoms with Crippen molar-refractivity contribution in [3.63, 3.8) is 0 Å². The molecule has 28 heavy (non-hydrogen) atoms. The smallest absolute Gasteiger partial charge is 0.234 e. The first-order valence-corrected chi connectivity index (χ1v) is 10.3. The van der Waals surface area contributed by atoms with Gasteiger partial charge in [-0.05, 0) is 36.8 Å². The van der Waals surface area contributed by atoms with E-state index in [0.717, 1.165) is 5.69 Å². The Hall–Kier alpha value is -1.93. The number of aryl methyl sites for hydroxylation is 1. The summed E-state index contributed by atoms with van der Waals surface area (Å²) < 4.78 is 0. The summed E-state index contributed by atoms with van der Waals surface area (Å²) in [7, 11) is 0. The van der Waals surface area contributed by atoms with Gasteiger partial charge in [0.15, 0.2) is 0 Å². The van der Waals surface area contributed by atoms with Gasteiger partial charge in [0.1, 0.15) is 5.82 Å². The van der Waals surface area contributed by atoms with E-state index in [2.05, 4.69) is 25.8 Å².